The predicted molar refractivity (Wildman–Crippen MR) is 69.1 cm³/mol. The van der Waals surface area contributed by atoms with Gasteiger partial charge in [0.2, 0.25) is 0 Å². The summed E-state index contributed by atoms with van der Waals surface area (Å²) in [7, 11) is 0. The second-order valence-corrected chi connectivity index (χ2v) is 4.31. The van der Waals surface area contributed by atoms with Crippen LogP contribution in [0.1, 0.15) is 19.2 Å². The second-order valence-electron chi connectivity index (χ2n) is 4.31. The first-order valence-corrected chi connectivity index (χ1v) is 5.97. The van der Waals surface area contributed by atoms with E-state index in [9.17, 15) is 9.59 Å². The summed E-state index contributed by atoms with van der Waals surface area (Å²) >= 11 is 0. The smallest absolute Gasteiger partial charge is 0.311 e. The molecule has 0 radical (unpaired) electrons. The number of hydrogen-bond acceptors (Lipinski definition) is 5. The van der Waals surface area contributed by atoms with Crippen LogP contribution in [0.5, 0.6) is 0 Å². The van der Waals surface area contributed by atoms with Gasteiger partial charge in [-0.2, -0.15) is 0 Å². The summed E-state index contributed by atoms with van der Waals surface area (Å²) in [6, 6.07) is 0. The normalized spacial score (nSPS) is 11.5. The summed E-state index contributed by atoms with van der Waals surface area (Å²) in [6.45, 7) is 4.65. The van der Waals surface area contributed by atoms with Crippen molar-refractivity contribution in [3.63, 3.8) is 0 Å². The van der Waals surface area contributed by atoms with E-state index in [-0.39, 0.29) is 11.0 Å². The van der Waals surface area contributed by atoms with Crippen molar-refractivity contribution in [2.45, 2.75) is 26.8 Å². The van der Waals surface area contributed by atoms with E-state index in [0.717, 1.165) is 18.8 Å². The summed E-state index contributed by atoms with van der Waals surface area (Å²) in [6.07, 6.45) is 0.925. The Balaban J connectivity index is 2.51. The van der Waals surface area contributed by atoms with Crippen LogP contribution in [0.2, 0.25) is 0 Å². The molecular weight excluding hydrogens is 248 g/mol. The van der Waals surface area contributed by atoms with Crippen molar-refractivity contribution < 1.29 is 0 Å². The molecule has 8 nitrogen and oxygen atoms in total. The minimum atomic E-state index is -0.601. The molecule has 0 aromatic carbocycles. The fourth-order valence-corrected chi connectivity index (χ4v) is 2.18. The van der Waals surface area contributed by atoms with Crippen LogP contribution in [0.25, 0.3) is 22.2 Å². The first-order valence-electron chi connectivity index (χ1n) is 5.97. The summed E-state index contributed by atoms with van der Waals surface area (Å²) in [5, 5.41) is 8.23. The molecule has 19 heavy (non-hydrogen) atoms. The van der Waals surface area contributed by atoms with Crippen molar-refractivity contribution in [3.8, 4) is 0 Å². The van der Waals surface area contributed by atoms with E-state index >= 15 is 0 Å². The van der Waals surface area contributed by atoms with E-state index in [2.05, 4.69) is 25.1 Å². The van der Waals surface area contributed by atoms with Gasteiger partial charge in [0.25, 0.3) is 5.56 Å². The van der Waals surface area contributed by atoms with E-state index in [1.54, 1.807) is 0 Å². The average Bonchev–Trinajstić information content (AvgIpc) is 2.65. The zero-order chi connectivity index (χ0) is 13.6. The Bertz CT molecular complexity index is 888. The van der Waals surface area contributed by atoms with Gasteiger partial charge in [-0.15, -0.1) is 10.2 Å². The van der Waals surface area contributed by atoms with Gasteiger partial charge < -0.3 is 4.57 Å². The van der Waals surface area contributed by atoms with E-state index < -0.39 is 11.2 Å². The Morgan fingerprint density at radius 3 is 2.74 bits per heavy atom. The van der Waals surface area contributed by atoms with E-state index in [0.29, 0.717) is 11.2 Å². The van der Waals surface area contributed by atoms with Crippen LogP contribution >= 0.6 is 0 Å². The minimum Gasteiger partial charge on any atom is -0.311 e. The molecule has 0 amide bonds. The molecular formula is C11H12N6O2. The first kappa shape index (κ1) is 11.6. The Kier molecular flexibility index (Phi) is 2.44. The molecule has 2 N–H and O–H groups in total. The number of hydrogen-bond donors (Lipinski definition) is 2. The number of nitrogens with one attached hydrogen (secondary N) is 2. The zero-order valence-corrected chi connectivity index (χ0v) is 10.5. The van der Waals surface area contributed by atoms with Gasteiger partial charge in [-0.25, -0.2) is 9.78 Å². The molecule has 3 rings (SSSR count). The van der Waals surface area contributed by atoms with Gasteiger partial charge in [-0.05, 0) is 13.3 Å². The lowest BCUT2D eigenvalue weighted by Gasteiger charge is -2.02. The van der Waals surface area contributed by atoms with Crippen LogP contribution < -0.4 is 11.2 Å². The maximum atomic E-state index is 11.9. The largest absolute Gasteiger partial charge is 0.327 e. The van der Waals surface area contributed by atoms with Crippen molar-refractivity contribution in [1.82, 2.24) is 29.7 Å². The molecule has 3 aromatic rings. The molecule has 0 aliphatic heterocycles. The van der Waals surface area contributed by atoms with E-state index in [4.69, 9.17) is 0 Å². The topological polar surface area (TPSA) is 109 Å². The SMILES string of the molecule is CCCn1c(C)nc2c3c(=O)[nH]c(=O)[nH]c3nnc21. The predicted octanol–water partition coefficient (Wildman–Crippen LogP) is 0.0745. The summed E-state index contributed by atoms with van der Waals surface area (Å²) in [4.78, 5) is 32.1. The fourth-order valence-electron chi connectivity index (χ4n) is 2.18. The molecule has 0 aliphatic carbocycles. The average molecular weight is 260 g/mol. The second kappa shape index (κ2) is 4.01. The zero-order valence-electron chi connectivity index (χ0n) is 10.5. The maximum absolute atomic E-state index is 11.9. The van der Waals surface area contributed by atoms with Crippen LogP contribution in [-0.2, 0) is 6.54 Å². The van der Waals surface area contributed by atoms with E-state index in [1.807, 2.05) is 18.4 Å². The lowest BCUT2D eigenvalue weighted by Crippen LogP contribution is -2.23. The van der Waals surface area contributed by atoms with Crippen LogP contribution in [0.15, 0.2) is 9.59 Å². The van der Waals surface area contributed by atoms with Crippen molar-refractivity contribution in [2.24, 2.45) is 0 Å². The summed E-state index contributed by atoms with van der Waals surface area (Å²) < 4.78 is 1.91. The highest BCUT2D eigenvalue weighted by molar-refractivity contribution is 5.97. The molecule has 8 heteroatoms. The quantitative estimate of drug-likeness (QED) is 0.677. The number of rotatable bonds is 2. The van der Waals surface area contributed by atoms with Gasteiger partial charge in [-0.1, -0.05) is 6.92 Å². The molecule has 3 aromatic heterocycles. The highest BCUT2D eigenvalue weighted by Crippen LogP contribution is 2.18. The lowest BCUT2D eigenvalue weighted by atomic mass is 10.3. The van der Waals surface area contributed by atoms with Crippen molar-refractivity contribution in [1.29, 1.82) is 0 Å². The lowest BCUT2D eigenvalue weighted by molar-refractivity contribution is 0.668. The highest BCUT2D eigenvalue weighted by Gasteiger charge is 2.15. The molecule has 3 heterocycles. The van der Waals surface area contributed by atoms with Crippen molar-refractivity contribution in [3.05, 3.63) is 26.7 Å². The molecule has 98 valence electrons. The van der Waals surface area contributed by atoms with Crippen LogP contribution in [-0.4, -0.2) is 29.7 Å². The fraction of sp³-hybridized carbons (Fsp3) is 0.364. The van der Waals surface area contributed by atoms with Crippen molar-refractivity contribution in [2.75, 3.05) is 0 Å². The minimum absolute atomic E-state index is 0.155. The number of H-pyrrole nitrogens is 2. The van der Waals surface area contributed by atoms with Gasteiger partial charge >= 0.3 is 5.69 Å². The highest BCUT2D eigenvalue weighted by atomic mass is 16.2. The number of aryl methyl sites for hydroxylation is 2. The molecule has 0 atom stereocenters. The number of fused-ring (bicyclic) bond motifs is 3. The monoisotopic (exact) mass is 260 g/mol. The van der Waals surface area contributed by atoms with Crippen LogP contribution in [0.3, 0.4) is 0 Å². The Hall–Kier alpha value is -2.51. The molecule has 0 saturated heterocycles. The maximum Gasteiger partial charge on any atom is 0.327 e. The van der Waals surface area contributed by atoms with Crippen LogP contribution in [0.4, 0.5) is 0 Å². The van der Waals surface area contributed by atoms with Gasteiger partial charge in [-0.3, -0.25) is 14.8 Å². The summed E-state index contributed by atoms with van der Waals surface area (Å²) in [5.41, 5.74) is 0.0795. The Morgan fingerprint density at radius 2 is 2.00 bits per heavy atom. The number of aromatic amines is 2. The van der Waals surface area contributed by atoms with Gasteiger partial charge in [0.15, 0.2) is 11.3 Å². The molecule has 0 spiro atoms. The van der Waals surface area contributed by atoms with Crippen molar-refractivity contribution >= 4 is 22.2 Å². The van der Waals surface area contributed by atoms with Gasteiger partial charge in [0, 0.05) is 6.54 Å². The third-order valence-electron chi connectivity index (χ3n) is 2.98. The number of nitrogens with zero attached hydrogens (tertiary/aromatic N) is 4. The Labute approximate surface area is 106 Å². The molecule has 0 aliphatic rings. The van der Waals surface area contributed by atoms with Gasteiger partial charge in [0.05, 0.1) is 0 Å². The van der Waals surface area contributed by atoms with Gasteiger partial charge in [0.1, 0.15) is 16.7 Å². The third-order valence-corrected chi connectivity index (χ3v) is 2.98. The number of aromatic nitrogens is 6. The molecule has 0 fully saturated rings. The van der Waals surface area contributed by atoms with E-state index in [1.165, 1.54) is 0 Å². The standard InChI is InChI=1S/C11H12N6O2/c1-3-4-17-5(2)12-7-6-8(15-16-9(7)17)13-11(19)14-10(6)18/h3-4H2,1-2H3,(H2,13,14,15,18,19). The third kappa shape index (κ3) is 1.64. The van der Waals surface area contributed by atoms with Crippen LogP contribution in [0, 0.1) is 6.92 Å². The number of imidazole rings is 1. The Morgan fingerprint density at radius 1 is 1.21 bits per heavy atom. The summed E-state index contributed by atoms with van der Waals surface area (Å²) in [5.74, 6) is 0.768. The first-order chi connectivity index (χ1) is 9.11. The molecule has 0 saturated carbocycles. The molecule has 0 bridgehead atoms. The molecule has 0 unspecified atom stereocenters.